The van der Waals surface area contributed by atoms with E-state index in [1.807, 2.05) is 32.0 Å². The second-order valence-electron chi connectivity index (χ2n) is 6.58. The van der Waals surface area contributed by atoms with Gasteiger partial charge in [-0.05, 0) is 38.8 Å². The minimum Gasteiger partial charge on any atom is -0.338 e. The molecular weight excluding hydrogens is 316 g/mol. The first-order valence-electron chi connectivity index (χ1n) is 8.46. The van der Waals surface area contributed by atoms with Crippen molar-refractivity contribution in [2.75, 3.05) is 18.4 Å². The minimum atomic E-state index is -0.219. The number of anilines is 1. The number of hydrogen-bond acceptors (Lipinski definition) is 4. The van der Waals surface area contributed by atoms with Crippen LogP contribution in [0.3, 0.4) is 0 Å². The Kier molecular flexibility index (Phi) is 5.07. The number of aryl methyl sites for hydroxylation is 2. The van der Waals surface area contributed by atoms with E-state index >= 15 is 0 Å². The molecule has 1 aromatic heterocycles. The van der Waals surface area contributed by atoms with Crippen LogP contribution in [0.2, 0.25) is 0 Å². The molecule has 2 aromatic rings. The summed E-state index contributed by atoms with van der Waals surface area (Å²) in [6.45, 7) is 5.09. The lowest BCUT2D eigenvalue weighted by atomic mass is 9.96. The number of nitrogens with one attached hydrogen (secondary N) is 1. The van der Waals surface area contributed by atoms with Crippen molar-refractivity contribution >= 4 is 17.5 Å². The number of piperidine rings is 1. The molecule has 1 unspecified atom stereocenters. The van der Waals surface area contributed by atoms with E-state index in [2.05, 4.69) is 15.3 Å². The third-order valence-electron chi connectivity index (χ3n) is 4.38. The number of nitrogens with zero attached hydrogens (tertiary/aromatic N) is 3. The third kappa shape index (κ3) is 4.21. The van der Waals surface area contributed by atoms with Gasteiger partial charge >= 0.3 is 0 Å². The SMILES string of the molecule is Cc1cc(C)cc(C(=O)N2CCCC(C(=O)Nc3cncnc3)C2)c1. The van der Waals surface area contributed by atoms with Gasteiger partial charge in [-0.1, -0.05) is 17.2 Å². The molecule has 1 aliphatic rings. The maximum Gasteiger partial charge on any atom is 0.253 e. The average molecular weight is 338 g/mol. The zero-order valence-electron chi connectivity index (χ0n) is 14.5. The summed E-state index contributed by atoms with van der Waals surface area (Å²) in [5, 5.41) is 2.83. The van der Waals surface area contributed by atoms with Gasteiger partial charge in [-0.25, -0.2) is 9.97 Å². The zero-order valence-corrected chi connectivity index (χ0v) is 14.5. The summed E-state index contributed by atoms with van der Waals surface area (Å²) in [6, 6.07) is 5.85. The van der Waals surface area contributed by atoms with Crippen LogP contribution in [0.5, 0.6) is 0 Å². The Labute approximate surface area is 147 Å². The summed E-state index contributed by atoms with van der Waals surface area (Å²) >= 11 is 0. The monoisotopic (exact) mass is 338 g/mol. The lowest BCUT2D eigenvalue weighted by molar-refractivity contribution is -0.121. The van der Waals surface area contributed by atoms with Gasteiger partial charge in [0.05, 0.1) is 24.0 Å². The molecule has 0 bridgehead atoms. The molecule has 0 aliphatic carbocycles. The Morgan fingerprint density at radius 2 is 1.80 bits per heavy atom. The van der Waals surface area contributed by atoms with Crippen molar-refractivity contribution in [1.29, 1.82) is 0 Å². The summed E-state index contributed by atoms with van der Waals surface area (Å²) in [5.41, 5.74) is 3.40. The van der Waals surface area contributed by atoms with E-state index in [9.17, 15) is 9.59 Å². The van der Waals surface area contributed by atoms with Crippen molar-refractivity contribution in [3.8, 4) is 0 Å². The molecule has 2 heterocycles. The Balaban J connectivity index is 1.68. The van der Waals surface area contributed by atoms with Crippen LogP contribution in [-0.2, 0) is 4.79 Å². The van der Waals surface area contributed by atoms with E-state index in [1.54, 1.807) is 17.3 Å². The third-order valence-corrected chi connectivity index (χ3v) is 4.38. The molecule has 2 amide bonds. The van der Waals surface area contributed by atoms with Crippen LogP contribution in [-0.4, -0.2) is 39.8 Å². The summed E-state index contributed by atoms with van der Waals surface area (Å²) in [7, 11) is 0. The molecule has 3 rings (SSSR count). The van der Waals surface area contributed by atoms with Crippen LogP contribution in [0.1, 0.15) is 34.3 Å². The standard InChI is InChI=1S/C19H22N4O2/c1-13-6-14(2)8-16(7-13)19(25)23-5-3-4-15(11-23)18(24)22-17-9-20-12-21-10-17/h6-10,12,15H,3-5,11H2,1-2H3,(H,22,24). The van der Waals surface area contributed by atoms with Gasteiger partial charge in [0, 0.05) is 18.7 Å². The Morgan fingerprint density at radius 3 is 2.48 bits per heavy atom. The van der Waals surface area contributed by atoms with Crippen molar-refractivity contribution in [3.05, 3.63) is 53.6 Å². The highest BCUT2D eigenvalue weighted by atomic mass is 16.2. The second kappa shape index (κ2) is 7.42. The predicted octanol–water partition coefficient (Wildman–Crippen LogP) is 2.58. The molecule has 0 saturated carbocycles. The number of rotatable bonds is 3. The molecular formula is C19H22N4O2. The Morgan fingerprint density at radius 1 is 1.12 bits per heavy atom. The Hall–Kier alpha value is -2.76. The van der Waals surface area contributed by atoms with Crippen molar-refractivity contribution < 1.29 is 9.59 Å². The van der Waals surface area contributed by atoms with Gasteiger partial charge < -0.3 is 10.2 Å². The molecule has 130 valence electrons. The van der Waals surface area contributed by atoms with E-state index < -0.39 is 0 Å². The predicted molar refractivity (Wildman–Crippen MR) is 95.2 cm³/mol. The Bertz CT molecular complexity index is 756. The summed E-state index contributed by atoms with van der Waals surface area (Å²) in [6.07, 6.45) is 6.13. The molecule has 0 radical (unpaired) electrons. The minimum absolute atomic E-state index is 0.00709. The highest BCUT2D eigenvalue weighted by molar-refractivity contribution is 5.96. The number of carbonyl (C=O) groups excluding carboxylic acids is 2. The quantitative estimate of drug-likeness (QED) is 0.933. The number of hydrogen-bond donors (Lipinski definition) is 1. The van der Waals surface area contributed by atoms with E-state index in [4.69, 9.17) is 0 Å². The largest absolute Gasteiger partial charge is 0.338 e. The number of benzene rings is 1. The fraction of sp³-hybridized carbons (Fsp3) is 0.368. The van der Waals surface area contributed by atoms with Crippen LogP contribution in [0.4, 0.5) is 5.69 Å². The molecule has 1 atom stereocenters. The first-order chi connectivity index (χ1) is 12.0. The summed E-state index contributed by atoms with van der Waals surface area (Å²) in [5.74, 6) is -0.316. The van der Waals surface area contributed by atoms with Crippen molar-refractivity contribution in [2.24, 2.45) is 5.92 Å². The first kappa shape index (κ1) is 17.1. The van der Waals surface area contributed by atoms with Gasteiger partial charge in [-0.2, -0.15) is 0 Å². The molecule has 1 N–H and O–H groups in total. The number of amides is 2. The van der Waals surface area contributed by atoms with Crippen molar-refractivity contribution in [2.45, 2.75) is 26.7 Å². The molecule has 0 spiro atoms. The lowest BCUT2D eigenvalue weighted by Crippen LogP contribution is -2.43. The van der Waals surface area contributed by atoms with Crippen LogP contribution < -0.4 is 5.32 Å². The second-order valence-corrected chi connectivity index (χ2v) is 6.58. The normalized spacial score (nSPS) is 17.2. The summed E-state index contributed by atoms with van der Waals surface area (Å²) < 4.78 is 0. The van der Waals surface area contributed by atoms with Crippen molar-refractivity contribution in [3.63, 3.8) is 0 Å². The van der Waals surface area contributed by atoms with Gasteiger partial charge in [0.25, 0.3) is 5.91 Å². The maximum absolute atomic E-state index is 12.8. The van der Waals surface area contributed by atoms with E-state index in [0.717, 1.165) is 24.0 Å². The van der Waals surface area contributed by atoms with E-state index in [0.29, 0.717) is 24.3 Å². The van der Waals surface area contributed by atoms with Gasteiger partial charge in [-0.15, -0.1) is 0 Å². The van der Waals surface area contributed by atoms with Gasteiger partial charge in [0.1, 0.15) is 6.33 Å². The molecule has 1 fully saturated rings. The summed E-state index contributed by atoms with van der Waals surface area (Å²) in [4.78, 5) is 34.8. The maximum atomic E-state index is 12.8. The van der Waals surface area contributed by atoms with Crippen LogP contribution in [0.15, 0.2) is 36.9 Å². The van der Waals surface area contributed by atoms with Gasteiger partial charge in [0.15, 0.2) is 0 Å². The van der Waals surface area contributed by atoms with Gasteiger partial charge in [0.2, 0.25) is 5.91 Å². The molecule has 25 heavy (non-hydrogen) atoms. The van der Waals surface area contributed by atoms with Crippen LogP contribution in [0, 0.1) is 19.8 Å². The highest BCUT2D eigenvalue weighted by Gasteiger charge is 2.29. The smallest absolute Gasteiger partial charge is 0.253 e. The average Bonchev–Trinajstić information content (AvgIpc) is 2.61. The molecule has 1 saturated heterocycles. The van der Waals surface area contributed by atoms with E-state index in [-0.39, 0.29) is 17.7 Å². The first-order valence-corrected chi connectivity index (χ1v) is 8.46. The topological polar surface area (TPSA) is 75.2 Å². The highest BCUT2D eigenvalue weighted by Crippen LogP contribution is 2.21. The molecule has 1 aromatic carbocycles. The fourth-order valence-electron chi connectivity index (χ4n) is 3.26. The number of aromatic nitrogens is 2. The van der Waals surface area contributed by atoms with Crippen molar-refractivity contribution in [1.82, 2.24) is 14.9 Å². The fourth-order valence-corrected chi connectivity index (χ4v) is 3.26. The zero-order chi connectivity index (χ0) is 17.8. The number of likely N-dealkylation sites (tertiary alicyclic amines) is 1. The van der Waals surface area contributed by atoms with Crippen LogP contribution in [0.25, 0.3) is 0 Å². The molecule has 1 aliphatic heterocycles. The van der Waals surface area contributed by atoms with Crippen LogP contribution >= 0.6 is 0 Å². The molecule has 6 heteroatoms. The molecule has 6 nitrogen and oxygen atoms in total. The van der Waals surface area contributed by atoms with Gasteiger partial charge in [-0.3, -0.25) is 9.59 Å². The number of carbonyl (C=O) groups is 2. The lowest BCUT2D eigenvalue weighted by Gasteiger charge is -2.32. The van der Waals surface area contributed by atoms with E-state index in [1.165, 1.54) is 6.33 Å².